The van der Waals surface area contributed by atoms with Crippen LogP contribution in [0.5, 0.6) is 0 Å². The second-order valence-corrected chi connectivity index (χ2v) is 4.65. The highest BCUT2D eigenvalue weighted by Gasteiger charge is 2.17. The summed E-state index contributed by atoms with van der Waals surface area (Å²) in [5.74, 6) is 1.05. The van der Waals surface area contributed by atoms with Gasteiger partial charge in [-0.15, -0.1) is 11.8 Å². The summed E-state index contributed by atoms with van der Waals surface area (Å²) in [6, 6.07) is 0. The Morgan fingerprint density at radius 3 is 2.84 bits per heavy atom. The van der Waals surface area contributed by atoms with Crippen molar-refractivity contribution in [2.75, 3.05) is 6.26 Å². The molecule has 2 aromatic heterocycles. The fourth-order valence-electron chi connectivity index (χ4n) is 1.66. The van der Waals surface area contributed by atoms with Gasteiger partial charge in [0, 0.05) is 0 Å². The molecule has 0 aliphatic heterocycles. The molecule has 0 unspecified atom stereocenters. The Morgan fingerprint density at radius 1 is 1.42 bits per heavy atom. The molecule has 0 radical (unpaired) electrons. The molecule has 2 rings (SSSR count). The van der Waals surface area contributed by atoms with Crippen LogP contribution in [0.3, 0.4) is 0 Å². The molecule has 2 heterocycles. The first-order valence-electron chi connectivity index (χ1n) is 5.63. The zero-order chi connectivity index (χ0) is 13.8. The SMILES string of the molecule is CSc1nc(C)nc(C)c1C(=O)NCc1ncn[nH]1. The van der Waals surface area contributed by atoms with Gasteiger partial charge in [-0.2, -0.15) is 5.10 Å². The molecule has 0 atom stereocenters. The first-order chi connectivity index (χ1) is 9.11. The Labute approximate surface area is 114 Å². The van der Waals surface area contributed by atoms with Crippen LogP contribution in [0, 0.1) is 13.8 Å². The Bertz CT molecular complexity index is 583. The van der Waals surface area contributed by atoms with Crippen LogP contribution in [0.2, 0.25) is 0 Å². The van der Waals surface area contributed by atoms with Crippen molar-refractivity contribution in [2.24, 2.45) is 0 Å². The van der Waals surface area contributed by atoms with Crippen molar-refractivity contribution in [2.45, 2.75) is 25.4 Å². The molecule has 0 saturated heterocycles. The Balaban J connectivity index is 2.18. The van der Waals surface area contributed by atoms with Gasteiger partial charge in [0.25, 0.3) is 5.91 Å². The predicted molar refractivity (Wildman–Crippen MR) is 70.8 cm³/mol. The van der Waals surface area contributed by atoms with E-state index >= 15 is 0 Å². The number of nitrogens with zero attached hydrogens (tertiary/aromatic N) is 4. The maximum absolute atomic E-state index is 12.2. The fraction of sp³-hybridized carbons (Fsp3) is 0.364. The standard InChI is InChI=1S/C11H14N6OS/c1-6-9(11(19-3)16-7(2)15-6)10(18)12-4-8-13-5-14-17-8/h5H,4H2,1-3H3,(H,12,18)(H,13,14,17). The summed E-state index contributed by atoms with van der Waals surface area (Å²) in [5, 5.41) is 9.85. The molecule has 19 heavy (non-hydrogen) atoms. The zero-order valence-corrected chi connectivity index (χ0v) is 11.7. The lowest BCUT2D eigenvalue weighted by atomic mass is 10.2. The Morgan fingerprint density at radius 2 is 2.21 bits per heavy atom. The average Bonchev–Trinajstić information content (AvgIpc) is 2.88. The third-order valence-electron chi connectivity index (χ3n) is 2.47. The topological polar surface area (TPSA) is 96.5 Å². The van der Waals surface area contributed by atoms with Crippen molar-refractivity contribution in [1.82, 2.24) is 30.5 Å². The first kappa shape index (κ1) is 13.5. The van der Waals surface area contributed by atoms with Crippen molar-refractivity contribution < 1.29 is 4.79 Å². The van der Waals surface area contributed by atoms with Crippen LogP contribution >= 0.6 is 11.8 Å². The molecular formula is C11H14N6OS. The number of thioether (sulfide) groups is 1. The summed E-state index contributed by atoms with van der Waals surface area (Å²) in [6.45, 7) is 3.90. The molecule has 0 bridgehead atoms. The highest BCUT2D eigenvalue weighted by molar-refractivity contribution is 7.98. The summed E-state index contributed by atoms with van der Waals surface area (Å²) >= 11 is 1.43. The van der Waals surface area contributed by atoms with E-state index in [1.807, 2.05) is 13.2 Å². The molecule has 7 nitrogen and oxygen atoms in total. The number of aryl methyl sites for hydroxylation is 2. The Kier molecular flexibility index (Phi) is 4.10. The van der Waals surface area contributed by atoms with E-state index in [1.54, 1.807) is 6.92 Å². The van der Waals surface area contributed by atoms with Crippen LogP contribution in [-0.4, -0.2) is 37.3 Å². The number of carbonyl (C=O) groups excluding carboxylic acids is 1. The molecule has 0 spiro atoms. The van der Waals surface area contributed by atoms with Gasteiger partial charge in [0.15, 0.2) is 0 Å². The minimum absolute atomic E-state index is 0.210. The number of amides is 1. The fourth-order valence-corrected chi connectivity index (χ4v) is 2.33. The minimum atomic E-state index is -0.210. The summed E-state index contributed by atoms with van der Waals surface area (Å²) in [5.41, 5.74) is 1.18. The Hall–Kier alpha value is -1.96. The molecule has 0 aliphatic rings. The molecule has 2 N–H and O–H groups in total. The van der Waals surface area contributed by atoms with Gasteiger partial charge in [0.1, 0.15) is 23.0 Å². The van der Waals surface area contributed by atoms with Gasteiger partial charge in [-0.3, -0.25) is 9.89 Å². The van der Waals surface area contributed by atoms with Crippen molar-refractivity contribution in [3.8, 4) is 0 Å². The highest BCUT2D eigenvalue weighted by atomic mass is 32.2. The largest absolute Gasteiger partial charge is 0.345 e. The van der Waals surface area contributed by atoms with Gasteiger partial charge in [0.2, 0.25) is 0 Å². The van der Waals surface area contributed by atoms with E-state index in [1.165, 1.54) is 18.1 Å². The van der Waals surface area contributed by atoms with Crippen LogP contribution in [0.4, 0.5) is 0 Å². The third-order valence-corrected chi connectivity index (χ3v) is 3.15. The number of aromatic nitrogens is 5. The number of aromatic amines is 1. The summed E-state index contributed by atoms with van der Waals surface area (Å²) < 4.78 is 0. The van der Waals surface area contributed by atoms with Gasteiger partial charge < -0.3 is 5.32 Å². The number of hydrogen-bond acceptors (Lipinski definition) is 6. The van der Waals surface area contributed by atoms with Crippen LogP contribution in [0.15, 0.2) is 11.4 Å². The van der Waals surface area contributed by atoms with E-state index in [2.05, 4.69) is 30.5 Å². The maximum atomic E-state index is 12.2. The van der Waals surface area contributed by atoms with Gasteiger partial charge in [-0.1, -0.05) is 0 Å². The van der Waals surface area contributed by atoms with Crippen molar-refractivity contribution >= 4 is 17.7 Å². The molecule has 2 aromatic rings. The quantitative estimate of drug-likeness (QED) is 0.636. The predicted octanol–water partition coefficient (Wildman–Crippen LogP) is 0.863. The van der Waals surface area contributed by atoms with Gasteiger partial charge >= 0.3 is 0 Å². The van der Waals surface area contributed by atoms with Crippen LogP contribution in [-0.2, 0) is 6.54 Å². The minimum Gasteiger partial charge on any atom is -0.345 e. The van der Waals surface area contributed by atoms with Gasteiger partial charge in [-0.25, -0.2) is 15.0 Å². The van der Waals surface area contributed by atoms with E-state index in [0.29, 0.717) is 34.5 Å². The van der Waals surface area contributed by atoms with E-state index in [-0.39, 0.29) is 5.91 Å². The lowest BCUT2D eigenvalue weighted by Gasteiger charge is -2.10. The molecule has 0 aromatic carbocycles. The van der Waals surface area contributed by atoms with Crippen molar-refractivity contribution in [1.29, 1.82) is 0 Å². The summed E-state index contributed by atoms with van der Waals surface area (Å²) in [7, 11) is 0. The molecular weight excluding hydrogens is 264 g/mol. The summed E-state index contributed by atoms with van der Waals surface area (Å²) in [6.07, 6.45) is 3.28. The normalized spacial score (nSPS) is 10.5. The van der Waals surface area contributed by atoms with Crippen LogP contribution in [0.25, 0.3) is 0 Å². The second-order valence-electron chi connectivity index (χ2n) is 3.86. The molecule has 100 valence electrons. The van der Waals surface area contributed by atoms with E-state index in [0.717, 1.165) is 0 Å². The maximum Gasteiger partial charge on any atom is 0.256 e. The lowest BCUT2D eigenvalue weighted by molar-refractivity contribution is 0.0945. The highest BCUT2D eigenvalue weighted by Crippen LogP contribution is 2.20. The van der Waals surface area contributed by atoms with Crippen LogP contribution < -0.4 is 5.32 Å². The lowest BCUT2D eigenvalue weighted by Crippen LogP contribution is -2.26. The van der Waals surface area contributed by atoms with Crippen LogP contribution in [0.1, 0.15) is 27.7 Å². The molecule has 0 saturated carbocycles. The number of rotatable bonds is 4. The van der Waals surface area contributed by atoms with Crippen molar-refractivity contribution in [3.63, 3.8) is 0 Å². The van der Waals surface area contributed by atoms with E-state index < -0.39 is 0 Å². The number of hydrogen-bond donors (Lipinski definition) is 2. The van der Waals surface area contributed by atoms with E-state index in [9.17, 15) is 4.79 Å². The molecule has 8 heteroatoms. The number of nitrogens with one attached hydrogen (secondary N) is 2. The first-order valence-corrected chi connectivity index (χ1v) is 6.86. The van der Waals surface area contributed by atoms with Gasteiger partial charge in [0.05, 0.1) is 17.8 Å². The number of carbonyl (C=O) groups is 1. The smallest absolute Gasteiger partial charge is 0.256 e. The molecule has 0 fully saturated rings. The number of H-pyrrole nitrogens is 1. The van der Waals surface area contributed by atoms with Crippen molar-refractivity contribution in [3.05, 3.63) is 29.2 Å². The second kappa shape index (κ2) is 5.79. The molecule has 0 aliphatic carbocycles. The average molecular weight is 278 g/mol. The van der Waals surface area contributed by atoms with E-state index in [4.69, 9.17) is 0 Å². The third kappa shape index (κ3) is 3.08. The van der Waals surface area contributed by atoms with Gasteiger partial charge in [-0.05, 0) is 20.1 Å². The molecule has 1 amide bonds. The summed E-state index contributed by atoms with van der Waals surface area (Å²) in [4.78, 5) is 24.6. The zero-order valence-electron chi connectivity index (χ0n) is 10.9. The monoisotopic (exact) mass is 278 g/mol.